The van der Waals surface area contributed by atoms with Gasteiger partial charge >= 0.3 is 0 Å². The number of carbonyl (C=O) groups excluding carboxylic acids is 1. The largest absolute Gasteiger partial charge is 0.508 e. The van der Waals surface area contributed by atoms with E-state index < -0.39 is 11.7 Å². The van der Waals surface area contributed by atoms with Crippen molar-refractivity contribution in [3.8, 4) is 11.5 Å². The zero-order valence-corrected chi connectivity index (χ0v) is 17.3. The molecule has 0 fully saturated rings. The predicted octanol–water partition coefficient (Wildman–Crippen LogP) is 4.16. The third kappa shape index (κ3) is 4.09. The van der Waals surface area contributed by atoms with Crippen LogP contribution in [0.3, 0.4) is 0 Å². The Hall–Kier alpha value is -2.27. The van der Waals surface area contributed by atoms with E-state index in [1.165, 1.54) is 17.2 Å². The van der Waals surface area contributed by atoms with Crippen molar-refractivity contribution in [2.75, 3.05) is 0 Å². The van der Waals surface area contributed by atoms with Gasteiger partial charge in [0, 0.05) is 24.1 Å². The fraction of sp³-hybridized carbons (Fsp3) is 0.522. The highest BCUT2D eigenvalue weighted by Crippen LogP contribution is 2.44. The van der Waals surface area contributed by atoms with Gasteiger partial charge < -0.3 is 20.3 Å². The topological polar surface area (TPSA) is 78.8 Å². The van der Waals surface area contributed by atoms with Crippen molar-refractivity contribution < 1.29 is 19.7 Å². The Morgan fingerprint density at radius 3 is 2.75 bits per heavy atom. The van der Waals surface area contributed by atoms with Gasteiger partial charge in [-0.2, -0.15) is 0 Å². The van der Waals surface area contributed by atoms with Gasteiger partial charge in [-0.25, -0.2) is 0 Å². The number of aromatic hydroxyl groups is 1. The Morgan fingerprint density at radius 1 is 1.29 bits per heavy atom. The summed E-state index contributed by atoms with van der Waals surface area (Å²) in [6, 6.07) is 1.48. The van der Waals surface area contributed by atoms with Gasteiger partial charge in [0.1, 0.15) is 17.1 Å². The first-order valence-corrected chi connectivity index (χ1v) is 10.0. The molecule has 2 heterocycles. The van der Waals surface area contributed by atoms with Gasteiger partial charge in [-0.3, -0.25) is 4.79 Å². The third-order valence-electron chi connectivity index (χ3n) is 5.80. The van der Waals surface area contributed by atoms with Gasteiger partial charge in [-0.05, 0) is 59.4 Å². The highest BCUT2D eigenvalue weighted by molar-refractivity contribution is 6.00. The molecule has 0 unspecified atom stereocenters. The number of amides is 1. The predicted molar refractivity (Wildman–Crippen MR) is 110 cm³/mol. The Bertz CT molecular complexity index is 835. The average Bonchev–Trinajstić information content (AvgIpc) is 2.97. The molecule has 0 aromatic heterocycles. The molecule has 1 amide bonds. The molecule has 152 valence electrons. The zero-order valence-electron chi connectivity index (χ0n) is 17.3. The maximum Gasteiger partial charge on any atom is 0.252 e. The number of hydrogen-bond acceptors (Lipinski definition) is 4. The van der Waals surface area contributed by atoms with Crippen molar-refractivity contribution in [3.05, 3.63) is 46.1 Å². The Kier molecular flexibility index (Phi) is 5.84. The molecule has 5 heteroatoms. The Labute approximate surface area is 167 Å². The number of nitrogens with one attached hydrogen (secondary N) is 1. The molecule has 0 saturated carbocycles. The number of hydrogen-bond donors (Lipinski definition) is 3. The first-order chi connectivity index (χ1) is 13.2. The van der Waals surface area contributed by atoms with Crippen LogP contribution in [-0.2, 0) is 13.0 Å². The molecule has 3 rings (SSSR count). The van der Waals surface area contributed by atoms with Crippen LogP contribution >= 0.6 is 0 Å². The van der Waals surface area contributed by atoms with E-state index >= 15 is 0 Å². The lowest BCUT2D eigenvalue weighted by molar-refractivity contribution is -0.0598. The molecular weight excluding hydrogens is 354 g/mol. The van der Waals surface area contributed by atoms with Crippen molar-refractivity contribution in [3.63, 3.8) is 0 Å². The number of phenolic OH excluding ortho intramolecular Hbond substituents is 1. The summed E-state index contributed by atoms with van der Waals surface area (Å²) in [6.45, 7) is 8.66. The molecule has 0 radical (unpaired) electrons. The summed E-state index contributed by atoms with van der Waals surface area (Å²) in [6.07, 6.45) is 7.61. The van der Waals surface area contributed by atoms with Crippen molar-refractivity contribution in [1.29, 1.82) is 0 Å². The third-order valence-corrected chi connectivity index (χ3v) is 5.80. The SMILES string of the molecule is CC(C)=CCC/C(C)=C/CC[C@@]1(C)Oc2c(c(O)cc3c2CNC3=O)C[C@@H]1O. The molecule has 2 atom stereocenters. The smallest absolute Gasteiger partial charge is 0.252 e. The van der Waals surface area contributed by atoms with Crippen molar-refractivity contribution in [2.24, 2.45) is 0 Å². The minimum Gasteiger partial charge on any atom is -0.508 e. The van der Waals surface area contributed by atoms with E-state index in [4.69, 9.17) is 4.74 Å². The van der Waals surface area contributed by atoms with E-state index in [9.17, 15) is 15.0 Å². The van der Waals surface area contributed by atoms with Crippen LogP contribution < -0.4 is 10.1 Å². The summed E-state index contributed by atoms with van der Waals surface area (Å²) in [4.78, 5) is 12.0. The molecular formula is C23H31NO4. The van der Waals surface area contributed by atoms with Crippen LogP contribution in [0.5, 0.6) is 11.5 Å². The number of carbonyl (C=O) groups is 1. The van der Waals surface area contributed by atoms with Crippen LogP contribution in [0.25, 0.3) is 0 Å². The lowest BCUT2D eigenvalue weighted by atomic mass is 9.84. The zero-order chi connectivity index (χ0) is 20.5. The second kappa shape index (κ2) is 8.00. The van der Waals surface area contributed by atoms with E-state index in [2.05, 4.69) is 38.2 Å². The number of aliphatic hydroxyl groups is 1. The van der Waals surface area contributed by atoms with E-state index in [1.807, 2.05) is 6.92 Å². The number of rotatable bonds is 6. The normalized spacial score (nSPS) is 23.5. The molecule has 2 aliphatic heterocycles. The Morgan fingerprint density at radius 2 is 2.04 bits per heavy atom. The molecule has 0 bridgehead atoms. The summed E-state index contributed by atoms with van der Waals surface area (Å²) < 4.78 is 6.26. The highest BCUT2D eigenvalue weighted by atomic mass is 16.5. The monoisotopic (exact) mass is 385 g/mol. The lowest BCUT2D eigenvalue weighted by Gasteiger charge is -2.40. The standard InChI is InChI=1S/C23H31NO4/c1-14(2)7-5-8-15(3)9-6-10-23(4)20(26)12-17-19(25)11-16-18(21(17)28-23)13-24-22(16)27/h7,9,11,20,25-26H,5-6,8,10,12-13H2,1-4H3,(H,24,27)/b15-9+/t20-,23+/m0/s1. The maximum atomic E-state index is 12.0. The number of phenols is 1. The molecule has 0 saturated heterocycles. The molecule has 2 aliphatic rings. The molecule has 1 aromatic carbocycles. The molecule has 3 N–H and O–H groups in total. The molecule has 28 heavy (non-hydrogen) atoms. The number of fused-ring (bicyclic) bond motifs is 3. The van der Waals surface area contributed by atoms with Crippen LogP contribution in [0.4, 0.5) is 0 Å². The fourth-order valence-electron chi connectivity index (χ4n) is 3.92. The minimum absolute atomic E-state index is 0.0157. The number of allylic oxidation sites excluding steroid dienone is 4. The maximum absolute atomic E-state index is 12.0. The lowest BCUT2D eigenvalue weighted by Crippen LogP contribution is -2.49. The van der Waals surface area contributed by atoms with Gasteiger partial charge in [0.05, 0.1) is 11.7 Å². The van der Waals surface area contributed by atoms with Crippen molar-refractivity contribution >= 4 is 5.91 Å². The van der Waals surface area contributed by atoms with Crippen LogP contribution in [0.15, 0.2) is 29.4 Å². The van der Waals surface area contributed by atoms with Crippen LogP contribution in [0.2, 0.25) is 0 Å². The van der Waals surface area contributed by atoms with Gasteiger partial charge in [0.2, 0.25) is 0 Å². The van der Waals surface area contributed by atoms with Gasteiger partial charge in [0.25, 0.3) is 5.91 Å². The average molecular weight is 386 g/mol. The van der Waals surface area contributed by atoms with Crippen molar-refractivity contribution in [1.82, 2.24) is 5.32 Å². The summed E-state index contributed by atoms with van der Waals surface area (Å²) in [5, 5.41) is 23.8. The first kappa shape index (κ1) is 20.5. The highest BCUT2D eigenvalue weighted by Gasteiger charge is 2.43. The second-order valence-corrected chi connectivity index (χ2v) is 8.46. The summed E-state index contributed by atoms with van der Waals surface area (Å²) in [5.74, 6) is 0.381. The Balaban J connectivity index is 1.73. The van der Waals surface area contributed by atoms with Crippen LogP contribution in [0, 0.1) is 0 Å². The summed E-state index contributed by atoms with van der Waals surface area (Å²) >= 11 is 0. The van der Waals surface area contributed by atoms with Gasteiger partial charge in [-0.1, -0.05) is 23.3 Å². The fourth-order valence-corrected chi connectivity index (χ4v) is 3.92. The number of ether oxygens (including phenoxy) is 1. The van der Waals surface area contributed by atoms with Gasteiger partial charge in [0.15, 0.2) is 0 Å². The number of aliphatic hydroxyl groups excluding tert-OH is 1. The summed E-state index contributed by atoms with van der Waals surface area (Å²) in [7, 11) is 0. The van der Waals surface area contributed by atoms with E-state index in [1.54, 1.807) is 0 Å². The first-order valence-electron chi connectivity index (χ1n) is 10.0. The van der Waals surface area contributed by atoms with E-state index in [0.717, 1.165) is 24.8 Å². The molecule has 1 aromatic rings. The number of benzene rings is 1. The second-order valence-electron chi connectivity index (χ2n) is 8.46. The minimum atomic E-state index is -0.753. The van der Waals surface area contributed by atoms with E-state index in [-0.39, 0.29) is 11.7 Å². The molecule has 0 spiro atoms. The van der Waals surface area contributed by atoms with Crippen molar-refractivity contribution in [2.45, 2.75) is 78.0 Å². The van der Waals surface area contributed by atoms with E-state index in [0.29, 0.717) is 36.3 Å². The summed E-state index contributed by atoms with van der Waals surface area (Å²) in [5.41, 5.74) is 3.75. The van der Waals surface area contributed by atoms with Crippen LogP contribution in [0.1, 0.15) is 74.9 Å². The quantitative estimate of drug-likeness (QED) is 0.643. The molecule has 0 aliphatic carbocycles. The molecule has 5 nitrogen and oxygen atoms in total. The van der Waals surface area contributed by atoms with Crippen LogP contribution in [-0.4, -0.2) is 27.8 Å². The van der Waals surface area contributed by atoms with Gasteiger partial charge in [-0.15, -0.1) is 0 Å².